The standard InChI is InChI=1S/C23H20Cl4O.H3P/c1-2-5-14-10-11-23(28)16(13-18-21(26)8-4-9-22(18)27)15(14)12-17-19(24)6-3-7-20(17)25;/h3-4,6-11,28H,2,5,12-13H2,1H3;1H3. The van der Waals surface area contributed by atoms with Gasteiger partial charge in [-0.15, -0.1) is 0 Å². The number of benzene rings is 3. The van der Waals surface area contributed by atoms with E-state index in [-0.39, 0.29) is 15.6 Å². The first kappa shape index (κ1) is 24.3. The summed E-state index contributed by atoms with van der Waals surface area (Å²) in [5.41, 5.74) is 4.63. The molecule has 0 spiro atoms. The zero-order chi connectivity index (χ0) is 20.3. The van der Waals surface area contributed by atoms with Crippen LogP contribution in [0.15, 0.2) is 48.5 Å². The fourth-order valence-electron chi connectivity index (χ4n) is 3.41. The van der Waals surface area contributed by atoms with Crippen LogP contribution in [0.5, 0.6) is 5.75 Å². The molecule has 3 rings (SSSR count). The molecule has 1 nitrogen and oxygen atoms in total. The lowest BCUT2D eigenvalue weighted by Crippen LogP contribution is -2.05. The van der Waals surface area contributed by atoms with Crippen molar-refractivity contribution in [2.75, 3.05) is 0 Å². The van der Waals surface area contributed by atoms with Crippen molar-refractivity contribution in [3.63, 3.8) is 0 Å². The first-order valence-electron chi connectivity index (χ1n) is 9.10. The van der Waals surface area contributed by atoms with Gasteiger partial charge in [0.05, 0.1) is 0 Å². The lowest BCUT2D eigenvalue weighted by molar-refractivity contribution is 0.468. The molecule has 0 radical (unpaired) electrons. The Morgan fingerprint density at radius 2 is 1.10 bits per heavy atom. The van der Waals surface area contributed by atoms with E-state index in [0.717, 1.165) is 40.7 Å². The summed E-state index contributed by atoms with van der Waals surface area (Å²) in [6.07, 6.45) is 2.83. The molecule has 0 fully saturated rings. The fourth-order valence-corrected chi connectivity index (χ4v) is 4.47. The number of rotatable bonds is 6. The predicted molar refractivity (Wildman–Crippen MR) is 132 cm³/mol. The zero-order valence-electron chi connectivity index (χ0n) is 16.1. The molecule has 154 valence electrons. The molecule has 0 aliphatic carbocycles. The molecule has 3 aromatic rings. The molecule has 0 heterocycles. The molecule has 6 heteroatoms. The van der Waals surface area contributed by atoms with Gasteiger partial charge < -0.3 is 5.11 Å². The van der Waals surface area contributed by atoms with Crippen LogP contribution in [0.1, 0.15) is 41.2 Å². The number of hydrogen-bond donors (Lipinski definition) is 1. The number of aromatic hydroxyl groups is 1. The maximum Gasteiger partial charge on any atom is 0.119 e. The van der Waals surface area contributed by atoms with Crippen molar-refractivity contribution >= 4 is 56.3 Å². The van der Waals surface area contributed by atoms with Gasteiger partial charge in [0.1, 0.15) is 5.75 Å². The molecule has 0 saturated heterocycles. The minimum absolute atomic E-state index is 0. The monoisotopic (exact) mass is 486 g/mol. The van der Waals surface area contributed by atoms with E-state index in [1.165, 1.54) is 0 Å². The highest BCUT2D eigenvalue weighted by Gasteiger charge is 2.18. The van der Waals surface area contributed by atoms with Crippen molar-refractivity contribution in [1.82, 2.24) is 0 Å². The molecule has 1 atom stereocenters. The van der Waals surface area contributed by atoms with Crippen LogP contribution in [0.4, 0.5) is 0 Å². The van der Waals surface area contributed by atoms with Crippen LogP contribution in [-0.4, -0.2) is 5.11 Å². The molecule has 0 aromatic heterocycles. The van der Waals surface area contributed by atoms with Gasteiger partial charge in [0.2, 0.25) is 0 Å². The quantitative estimate of drug-likeness (QED) is 0.347. The average molecular weight is 488 g/mol. The van der Waals surface area contributed by atoms with E-state index in [4.69, 9.17) is 46.4 Å². The molecule has 29 heavy (non-hydrogen) atoms. The van der Waals surface area contributed by atoms with Crippen LogP contribution in [0.25, 0.3) is 0 Å². The molecular weight excluding hydrogens is 465 g/mol. The van der Waals surface area contributed by atoms with Crippen LogP contribution in [0, 0.1) is 0 Å². The minimum Gasteiger partial charge on any atom is -0.508 e. The summed E-state index contributed by atoms with van der Waals surface area (Å²) in [7, 11) is 0. The smallest absolute Gasteiger partial charge is 0.119 e. The Morgan fingerprint density at radius 3 is 1.55 bits per heavy atom. The van der Waals surface area contributed by atoms with Crippen molar-refractivity contribution in [2.24, 2.45) is 0 Å². The van der Waals surface area contributed by atoms with Crippen molar-refractivity contribution < 1.29 is 5.11 Å². The summed E-state index contributed by atoms with van der Waals surface area (Å²) in [5, 5.41) is 13.1. The molecule has 3 aromatic carbocycles. The second kappa shape index (κ2) is 10.9. The van der Waals surface area contributed by atoms with Gasteiger partial charge in [-0.1, -0.05) is 77.9 Å². The van der Waals surface area contributed by atoms with Crippen LogP contribution in [0.2, 0.25) is 20.1 Å². The first-order valence-corrected chi connectivity index (χ1v) is 10.6. The van der Waals surface area contributed by atoms with E-state index >= 15 is 0 Å². The molecule has 0 bridgehead atoms. The molecular formula is C23H23Cl4OP. The summed E-state index contributed by atoms with van der Waals surface area (Å²) >= 11 is 25.6. The normalized spacial score (nSPS) is 10.7. The highest BCUT2D eigenvalue weighted by Crippen LogP contribution is 2.36. The Bertz CT molecular complexity index is 964. The molecule has 0 aliphatic rings. The van der Waals surface area contributed by atoms with Crippen molar-refractivity contribution in [1.29, 1.82) is 0 Å². The van der Waals surface area contributed by atoms with Gasteiger partial charge >= 0.3 is 0 Å². The Hall–Kier alpha value is -0.950. The van der Waals surface area contributed by atoms with Crippen LogP contribution in [0.3, 0.4) is 0 Å². The number of halogens is 4. The Kier molecular flexibility index (Phi) is 9.14. The topological polar surface area (TPSA) is 20.2 Å². The van der Waals surface area contributed by atoms with Crippen LogP contribution >= 0.6 is 56.3 Å². The number of phenols is 1. The van der Waals surface area contributed by atoms with Gasteiger partial charge in [-0.2, -0.15) is 9.90 Å². The van der Waals surface area contributed by atoms with Gasteiger partial charge in [-0.25, -0.2) is 0 Å². The zero-order valence-corrected chi connectivity index (χ0v) is 20.6. The SMILES string of the molecule is CCCc1ccc(O)c(Cc2c(Cl)cccc2Cl)c1Cc1c(Cl)cccc1Cl.P. The lowest BCUT2D eigenvalue weighted by Gasteiger charge is -2.19. The third-order valence-corrected chi connectivity index (χ3v) is 6.27. The summed E-state index contributed by atoms with van der Waals surface area (Å²) < 4.78 is 0. The van der Waals surface area contributed by atoms with Gasteiger partial charge in [0.15, 0.2) is 0 Å². The van der Waals surface area contributed by atoms with E-state index in [1.54, 1.807) is 18.2 Å². The average Bonchev–Trinajstić information content (AvgIpc) is 2.65. The molecule has 1 N–H and O–H groups in total. The summed E-state index contributed by atoms with van der Waals surface area (Å²) in [4.78, 5) is 0. The van der Waals surface area contributed by atoms with Gasteiger partial charge in [0.25, 0.3) is 0 Å². The number of aryl methyl sites for hydroxylation is 1. The van der Waals surface area contributed by atoms with Crippen LogP contribution < -0.4 is 0 Å². The summed E-state index contributed by atoms with van der Waals surface area (Å²) in [6, 6.07) is 14.6. The van der Waals surface area contributed by atoms with E-state index < -0.39 is 0 Å². The van der Waals surface area contributed by atoms with Gasteiger partial charge in [0, 0.05) is 38.5 Å². The maximum atomic E-state index is 10.7. The van der Waals surface area contributed by atoms with Crippen molar-refractivity contribution in [2.45, 2.75) is 32.6 Å². The lowest BCUT2D eigenvalue weighted by atomic mass is 9.89. The Balaban J connectivity index is 0.00000300. The maximum absolute atomic E-state index is 10.7. The Labute approximate surface area is 195 Å². The molecule has 0 saturated carbocycles. The Morgan fingerprint density at radius 1 is 0.655 bits per heavy atom. The number of phenolic OH excluding ortho intramolecular Hbond substituents is 1. The molecule has 0 amide bonds. The second-order valence-electron chi connectivity index (χ2n) is 6.70. The van der Waals surface area contributed by atoms with E-state index in [2.05, 4.69) is 6.92 Å². The first-order chi connectivity index (χ1) is 13.4. The van der Waals surface area contributed by atoms with Crippen molar-refractivity contribution in [3.05, 3.63) is 96.4 Å². The third-order valence-electron chi connectivity index (χ3n) is 4.85. The highest BCUT2D eigenvalue weighted by molar-refractivity contribution is 6.92. The summed E-state index contributed by atoms with van der Waals surface area (Å²) in [5.74, 6) is 0.217. The second-order valence-corrected chi connectivity index (χ2v) is 8.33. The fraction of sp³-hybridized carbons (Fsp3) is 0.217. The molecule has 0 aliphatic heterocycles. The van der Waals surface area contributed by atoms with Crippen LogP contribution in [-0.2, 0) is 19.3 Å². The highest BCUT2D eigenvalue weighted by atomic mass is 35.5. The number of hydrogen-bond acceptors (Lipinski definition) is 1. The predicted octanol–water partition coefficient (Wildman–Crippen LogP) is 8.20. The van der Waals surface area contributed by atoms with E-state index in [1.807, 2.05) is 30.3 Å². The largest absolute Gasteiger partial charge is 0.508 e. The van der Waals surface area contributed by atoms with E-state index in [9.17, 15) is 5.11 Å². The minimum atomic E-state index is 0. The summed E-state index contributed by atoms with van der Waals surface area (Å²) in [6.45, 7) is 2.13. The van der Waals surface area contributed by atoms with Crippen molar-refractivity contribution in [3.8, 4) is 5.75 Å². The third kappa shape index (κ3) is 5.60. The van der Waals surface area contributed by atoms with E-state index in [0.29, 0.717) is 32.9 Å². The van der Waals surface area contributed by atoms with Gasteiger partial charge in [-0.05, 0) is 59.0 Å². The molecule has 1 unspecified atom stereocenters. The van der Waals surface area contributed by atoms with Gasteiger partial charge in [-0.3, -0.25) is 0 Å².